The van der Waals surface area contributed by atoms with E-state index in [4.69, 9.17) is 5.10 Å². The summed E-state index contributed by atoms with van der Waals surface area (Å²) in [6, 6.07) is 23.9. The number of fused-ring (bicyclic) bond motifs is 3. The highest BCUT2D eigenvalue weighted by Crippen LogP contribution is 2.39. The Hall–Kier alpha value is -4.92. The lowest BCUT2D eigenvalue weighted by molar-refractivity contribution is 0.194. The molecule has 2 aromatic heterocycles. The van der Waals surface area contributed by atoms with Gasteiger partial charge in [-0.1, -0.05) is 30.3 Å². The summed E-state index contributed by atoms with van der Waals surface area (Å²) in [7, 11) is 3.94. The second-order valence-electron chi connectivity index (χ2n) is 10.0. The number of aryl methyl sites for hydroxylation is 1. The molecule has 1 atom stereocenters. The van der Waals surface area contributed by atoms with Crippen molar-refractivity contribution in [3.05, 3.63) is 125 Å². The Morgan fingerprint density at radius 1 is 0.975 bits per heavy atom. The van der Waals surface area contributed by atoms with Crippen molar-refractivity contribution in [3.8, 4) is 11.5 Å². The highest BCUT2D eigenvalue weighted by atomic mass is 19.1. The number of nitrogens with one attached hydrogen (secondary N) is 1. The minimum atomic E-state index is -0.841. The molecular weight excluding hydrogens is 510 g/mol. The normalized spacial score (nSPS) is 14.3. The number of nitrogens with zero attached hydrogens (tertiary/aromatic N) is 5. The highest BCUT2D eigenvalue weighted by Gasteiger charge is 2.36. The second-order valence-corrected chi connectivity index (χ2v) is 10.0. The van der Waals surface area contributed by atoms with Crippen molar-refractivity contribution in [2.45, 2.75) is 19.5 Å². The maximum Gasteiger partial charge on any atom is 0.323 e. The quantitative estimate of drug-likeness (QED) is 0.286. The van der Waals surface area contributed by atoms with Crippen LogP contribution in [0.4, 0.5) is 25.0 Å². The van der Waals surface area contributed by atoms with E-state index in [0.717, 1.165) is 51.8 Å². The standard InChI is InChI=1S/C31H28F2N6O/c1-20-25-19-38(31(40)34-27-16-13-22(32)18-26(27)33)29(21-11-14-23(15-12-21)36(2)3)28-10-7-17-37(28)30(25)39(35-20)24-8-5-4-6-9-24/h4-18,29H,19H2,1-3H3,(H,34,40)/t29-/m0/s1. The topological polar surface area (TPSA) is 58.3 Å². The van der Waals surface area contributed by atoms with Gasteiger partial charge in [-0.25, -0.2) is 18.3 Å². The van der Waals surface area contributed by atoms with Gasteiger partial charge in [0, 0.05) is 37.6 Å². The summed E-state index contributed by atoms with van der Waals surface area (Å²) in [5.74, 6) is -0.718. The van der Waals surface area contributed by atoms with Gasteiger partial charge in [0.1, 0.15) is 17.5 Å². The Morgan fingerprint density at radius 2 is 1.73 bits per heavy atom. The van der Waals surface area contributed by atoms with Gasteiger partial charge >= 0.3 is 6.03 Å². The minimum Gasteiger partial charge on any atom is -0.378 e. The first-order valence-electron chi connectivity index (χ1n) is 12.9. The van der Waals surface area contributed by atoms with Crippen LogP contribution in [0.25, 0.3) is 11.5 Å². The van der Waals surface area contributed by atoms with Gasteiger partial charge in [0.2, 0.25) is 0 Å². The number of amides is 2. The lowest BCUT2D eigenvalue weighted by Crippen LogP contribution is -2.38. The fourth-order valence-electron chi connectivity index (χ4n) is 5.23. The zero-order valence-corrected chi connectivity index (χ0v) is 22.3. The molecule has 0 unspecified atom stereocenters. The average Bonchev–Trinajstić information content (AvgIpc) is 3.51. The van der Waals surface area contributed by atoms with Gasteiger partial charge in [-0.2, -0.15) is 5.10 Å². The molecule has 3 heterocycles. The van der Waals surface area contributed by atoms with Crippen LogP contribution in [0.1, 0.15) is 28.6 Å². The zero-order valence-electron chi connectivity index (χ0n) is 22.3. The molecule has 40 heavy (non-hydrogen) atoms. The molecule has 6 rings (SSSR count). The monoisotopic (exact) mass is 538 g/mol. The summed E-state index contributed by atoms with van der Waals surface area (Å²) >= 11 is 0. The summed E-state index contributed by atoms with van der Waals surface area (Å²) in [5.41, 5.74) is 5.20. The van der Waals surface area contributed by atoms with Crippen LogP contribution in [0.2, 0.25) is 0 Å². The SMILES string of the molecule is Cc1nn(-c2ccccc2)c2c1CN(C(=O)Nc1ccc(F)cc1F)[C@@H](c1ccc(N(C)C)cc1)c1cccn1-2. The number of urea groups is 1. The molecule has 3 aromatic carbocycles. The Balaban J connectivity index is 1.52. The molecule has 0 aliphatic carbocycles. The van der Waals surface area contributed by atoms with Crippen molar-refractivity contribution < 1.29 is 13.6 Å². The molecule has 0 saturated heterocycles. The van der Waals surface area contributed by atoms with E-state index in [-0.39, 0.29) is 12.2 Å². The Bertz CT molecular complexity index is 1690. The number of para-hydroxylation sites is 1. The molecule has 1 aliphatic rings. The summed E-state index contributed by atoms with van der Waals surface area (Å²) in [4.78, 5) is 17.6. The summed E-state index contributed by atoms with van der Waals surface area (Å²) in [6.45, 7) is 2.13. The van der Waals surface area contributed by atoms with Gasteiger partial charge in [0.05, 0.1) is 35.3 Å². The van der Waals surface area contributed by atoms with Crippen molar-refractivity contribution in [2.24, 2.45) is 0 Å². The number of rotatable bonds is 4. The highest BCUT2D eigenvalue weighted by molar-refractivity contribution is 5.90. The van der Waals surface area contributed by atoms with Crippen LogP contribution in [-0.2, 0) is 6.54 Å². The van der Waals surface area contributed by atoms with Crippen LogP contribution in [0, 0.1) is 18.6 Å². The smallest absolute Gasteiger partial charge is 0.323 e. The Morgan fingerprint density at radius 3 is 2.42 bits per heavy atom. The van der Waals surface area contributed by atoms with Gasteiger partial charge in [0.25, 0.3) is 0 Å². The summed E-state index contributed by atoms with van der Waals surface area (Å²) < 4.78 is 32.1. The van der Waals surface area contributed by atoms with Crippen LogP contribution in [-0.4, -0.2) is 39.4 Å². The summed E-state index contributed by atoms with van der Waals surface area (Å²) in [6.07, 6.45) is 1.97. The van der Waals surface area contributed by atoms with Gasteiger partial charge < -0.3 is 19.7 Å². The first kappa shape index (κ1) is 25.4. The van der Waals surface area contributed by atoms with Gasteiger partial charge in [-0.3, -0.25) is 0 Å². The molecule has 202 valence electrons. The van der Waals surface area contributed by atoms with E-state index in [9.17, 15) is 13.6 Å². The fraction of sp³-hybridized carbons (Fsp3) is 0.161. The molecule has 0 spiro atoms. The van der Waals surface area contributed by atoms with Crippen LogP contribution >= 0.6 is 0 Å². The summed E-state index contributed by atoms with van der Waals surface area (Å²) in [5, 5.41) is 7.52. The minimum absolute atomic E-state index is 0.0929. The predicted octanol–water partition coefficient (Wildman–Crippen LogP) is 6.45. The van der Waals surface area contributed by atoms with Crippen molar-refractivity contribution >= 4 is 17.4 Å². The maximum atomic E-state index is 14.6. The number of benzene rings is 3. The second kappa shape index (κ2) is 10.00. The van der Waals surface area contributed by atoms with Gasteiger partial charge in [0.15, 0.2) is 0 Å². The van der Waals surface area contributed by atoms with Crippen LogP contribution in [0.5, 0.6) is 0 Å². The molecule has 1 N–H and O–H groups in total. The van der Waals surface area contributed by atoms with Crippen LogP contribution in [0.3, 0.4) is 0 Å². The van der Waals surface area contributed by atoms with E-state index in [1.165, 1.54) is 6.07 Å². The first-order valence-corrected chi connectivity index (χ1v) is 12.9. The number of halogens is 2. The molecule has 0 fully saturated rings. The van der Waals surface area contributed by atoms with Crippen molar-refractivity contribution in [1.29, 1.82) is 0 Å². The Kier molecular flexibility index (Phi) is 6.34. The molecular formula is C31H28F2N6O. The molecule has 0 radical (unpaired) electrons. The third kappa shape index (κ3) is 4.39. The van der Waals surface area contributed by atoms with Gasteiger partial charge in [-0.15, -0.1) is 0 Å². The number of hydrogen-bond acceptors (Lipinski definition) is 3. The van der Waals surface area contributed by atoms with E-state index in [2.05, 4.69) is 9.88 Å². The molecule has 0 saturated carbocycles. The molecule has 0 bridgehead atoms. The van der Waals surface area contributed by atoms with E-state index in [1.54, 1.807) is 4.90 Å². The zero-order chi connectivity index (χ0) is 28.0. The predicted molar refractivity (Wildman–Crippen MR) is 151 cm³/mol. The molecule has 2 amide bonds. The van der Waals surface area contributed by atoms with E-state index in [1.807, 2.05) is 104 Å². The fourth-order valence-corrected chi connectivity index (χ4v) is 5.23. The third-order valence-corrected chi connectivity index (χ3v) is 7.25. The van der Waals surface area contributed by atoms with Crippen molar-refractivity contribution in [3.63, 3.8) is 0 Å². The number of carbonyl (C=O) groups excluding carboxylic acids is 1. The van der Waals surface area contributed by atoms with Crippen LogP contribution in [0.15, 0.2) is 91.1 Å². The van der Waals surface area contributed by atoms with Gasteiger partial charge in [-0.05, 0) is 61.0 Å². The first-order chi connectivity index (χ1) is 19.3. The van der Waals surface area contributed by atoms with Crippen molar-refractivity contribution in [1.82, 2.24) is 19.2 Å². The molecule has 9 heteroatoms. The lowest BCUT2D eigenvalue weighted by atomic mass is 10.0. The van der Waals surface area contributed by atoms with Crippen molar-refractivity contribution in [2.75, 3.05) is 24.3 Å². The average molecular weight is 539 g/mol. The molecule has 7 nitrogen and oxygen atoms in total. The number of carbonyl (C=O) groups is 1. The van der Waals surface area contributed by atoms with E-state index >= 15 is 0 Å². The molecule has 1 aliphatic heterocycles. The Labute approximate surface area is 230 Å². The molecule has 5 aromatic rings. The third-order valence-electron chi connectivity index (χ3n) is 7.25. The van der Waals surface area contributed by atoms with E-state index in [0.29, 0.717) is 0 Å². The van der Waals surface area contributed by atoms with E-state index < -0.39 is 23.7 Å². The van der Waals surface area contributed by atoms with Crippen LogP contribution < -0.4 is 10.2 Å². The number of anilines is 2. The number of aromatic nitrogens is 3. The lowest BCUT2D eigenvalue weighted by Gasteiger charge is -2.31. The maximum absolute atomic E-state index is 14.6. The largest absolute Gasteiger partial charge is 0.378 e. The number of hydrogen-bond donors (Lipinski definition) is 1.